The molecule has 3 N–H and O–H groups in total. The Morgan fingerprint density at radius 2 is 1.86 bits per heavy atom. The van der Waals surface area contributed by atoms with Crippen molar-refractivity contribution in [2.45, 2.75) is 58.6 Å². The lowest BCUT2D eigenvalue weighted by molar-refractivity contribution is -0.150. The number of hydrogen-bond donors (Lipinski definition) is 2. The number of rotatable bonds is 4. The normalized spacial score (nSPS) is 16.1. The monoisotopic (exact) mass is 202 g/mol. The Morgan fingerprint density at radius 3 is 2.21 bits per heavy atom. The molecular formula is C10H22N2O2. The Hall–Kier alpha value is -0.610. The van der Waals surface area contributed by atoms with E-state index in [1.165, 1.54) is 0 Å². The van der Waals surface area contributed by atoms with E-state index >= 15 is 0 Å². The van der Waals surface area contributed by atoms with Gasteiger partial charge < -0.3 is 5.73 Å². The van der Waals surface area contributed by atoms with Gasteiger partial charge in [0.15, 0.2) is 0 Å². The van der Waals surface area contributed by atoms with Crippen molar-refractivity contribution in [3.8, 4) is 0 Å². The summed E-state index contributed by atoms with van der Waals surface area (Å²) >= 11 is 0. The summed E-state index contributed by atoms with van der Waals surface area (Å²) in [6, 6.07) is 0. The summed E-state index contributed by atoms with van der Waals surface area (Å²) in [5, 5.41) is 0. The molecule has 0 saturated heterocycles. The van der Waals surface area contributed by atoms with Crippen molar-refractivity contribution in [3.63, 3.8) is 0 Å². The van der Waals surface area contributed by atoms with Crippen LogP contribution in [0.25, 0.3) is 0 Å². The van der Waals surface area contributed by atoms with Crippen LogP contribution in [0.5, 0.6) is 0 Å². The third-order valence-electron chi connectivity index (χ3n) is 1.74. The first-order valence-corrected chi connectivity index (χ1v) is 4.96. The van der Waals surface area contributed by atoms with E-state index in [4.69, 9.17) is 10.6 Å². The van der Waals surface area contributed by atoms with Crippen LogP contribution in [0.2, 0.25) is 0 Å². The van der Waals surface area contributed by atoms with Crippen molar-refractivity contribution < 1.29 is 9.63 Å². The summed E-state index contributed by atoms with van der Waals surface area (Å²) in [6.45, 7) is 9.28. The topological polar surface area (TPSA) is 64.4 Å². The number of hydroxylamine groups is 1. The second-order valence-corrected chi connectivity index (χ2v) is 4.81. The van der Waals surface area contributed by atoms with Gasteiger partial charge in [-0.3, -0.25) is 9.63 Å². The number of amides is 1. The van der Waals surface area contributed by atoms with E-state index in [1.54, 1.807) is 6.92 Å². The first-order chi connectivity index (χ1) is 6.19. The molecule has 0 radical (unpaired) electrons. The van der Waals surface area contributed by atoms with Gasteiger partial charge in [0.25, 0.3) is 5.91 Å². The fraction of sp³-hybridized carbons (Fsp3) is 0.900. The van der Waals surface area contributed by atoms with Crippen LogP contribution in [0, 0.1) is 0 Å². The Balaban J connectivity index is 4.08. The molecule has 0 aromatic heterocycles. The van der Waals surface area contributed by atoms with Crippen molar-refractivity contribution in [1.29, 1.82) is 0 Å². The largest absolute Gasteiger partial charge is 0.318 e. The van der Waals surface area contributed by atoms with E-state index in [2.05, 4.69) is 5.48 Å². The minimum Gasteiger partial charge on any atom is -0.318 e. The van der Waals surface area contributed by atoms with Crippen LogP contribution < -0.4 is 11.2 Å². The Kier molecular flexibility index (Phi) is 4.55. The molecule has 14 heavy (non-hydrogen) atoms. The molecule has 0 aliphatic carbocycles. The van der Waals surface area contributed by atoms with Crippen LogP contribution in [-0.4, -0.2) is 17.0 Å². The maximum Gasteiger partial charge on any atom is 0.263 e. The van der Waals surface area contributed by atoms with Gasteiger partial charge in [0, 0.05) is 0 Å². The smallest absolute Gasteiger partial charge is 0.263 e. The Morgan fingerprint density at radius 1 is 1.36 bits per heavy atom. The minimum absolute atomic E-state index is 0.269. The van der Waals surface area contributed by atoms with Crippen molar-refractivity contribution in [1.82, 2.24) is 5.48 Å². The third kappa shape index (κ3) is 5.19. The van der Waals surface area contributed by atoms with Gasteiger partial charge in [-0.1, -0.05) is 13.3 Å². The molecule has 0 aliphatic rings. The number of nitrogens with two attached hydrogens (primary N) is 1. The quantitative estimate of drug-likeness (QED) is 0.676. The van der Waals surface area contributed by atoms with Gasteiger partial charge >= 0.3 is 0 Å². The number of hydrogen-bond acceptors (Lipinski definition) is 3. The molecule has 84 valence electrons. The predicted molar refractivity (Wildman–Crippen MR) is 56.5 cm³/mol. The molecule has 0 aliphatic heterocycles. The first-order valence-electron chi connectivity index (χ1n) is 4.96. The summed E-state index contributed by atoms with van der Waals surface area (Å²) in [5.74, 6) is -0.269. The van der Waals surface area contributed by atoms with Crippen molar-refractivity contribution in [3.05, 3.63) is 0 Å². The average molecular weight is 202 g/mol. The lowest BCUT2D eigenvalue weighted by Crippen LogP contribution is -2.52. The van der Waals surface area contributed by atoms with E-state index in [0.717, 1.165) is 6.42 Å². The zero-order valence-electron chi connectivity index (χ0n) is 9.81. The number of carbonyl (C=O) groups excluding carboxylic acids is 1. The molecule has 0 heterocycles. The summed E-state index contributed by atoms with van der Waals surface area (Å²) in [4.78, 5) is 16.7. The highest BCUT2D eigenvalue weighted by atomic mass is 16.7. The van der Waals surface area contributed by atoms with Crippen LogP contribution in [0.3, 0.4) is 0 Å². The van der Waals surface area contributed by atoms with Crippen molar-refractivity contribution in [2.24, 2.45) is 5.73 Å². The molecule has 0 aromatic rings. The van der Waals surface area contributed by atoms with Gasteiger partial charge in [-0.15, -0.1) is 0 Å². The molecule has 1 amide bonds. The van der Waals surface area contributed by atoms with Gasteiger partial charge in [-0.2, -0.15) is 0 Å². The summed E-state index contributed by atoms with van der Waals surface area (Å²) in [5.41, 5.74) is 6.95. The van der Waals surface area contributed by atoms with Gasteiger partial charge in [0.2, 0.25) is 0 Å². The van der Waals surface area contributed by atoms with Crippen LogP contribution in [0.15, 0.2) is 0 Å². The minimum atomic E-state index is -0.847. The van der Waals surface area contributed by atoms with Gasteiger partial charge in [0.1, 0.15) is 0 Å². The van der Waals surface area contributed by atoms with E-state index in [9.17, 15) is 4.79 Å². The average Bonchev–Trinajstić information content (AvgIpc) is 1.98. The summed E-state index contributed by atoms with van der Waals surface area (Å²) in [7, 11) is 0. The standard InChI is InChI=1S/C10H22N2O2/c1-6-7-10(5,11)8(13)12-14-9(2,3)4/h6-7,11H2,1-5H3,(H,12,13). The van der Waals surface area contributed by atoms with E-state index < -0.39 is 11.1 Å². The molecule has 0 bridgehead atoms. The summed E-state index contributed by atoms with van der Waals surface area (Å²) < 4.78 is 0. The Bertz CT molecular complexity index is 195. The van der Waals surface area contributed by atoms with Crippen LogP contribution in [-0.2, 0) is 9.63 Å². The first kappa shape index (κ1) is 13.4. The van der Waals surface area contributed by atoms with E-state index in [0.29, 0.717) is 6.42 Å². The second-order valence-electron chi connectivity index (χ2n) is 4.81. The highest BCUT2D eigenvalue weighted by Gasteiger charge is 2.28. The zero-order chi connectivity index (χ0) is 11.4. The number of carbonyl (C=O) groups is 1. The van der Waals surface area contributed by atoms with Crippen molar-refractivity contribution in [2.75, 3.05) is 0 Å². The Labute approximate surface area is 86.1 Å². The maximum atomic E-state index is 11.5. The molecular weight excluding hydrogens is 180 g/mol. The molecule has 0 aromatic carbocycles. The second kappa shape index (κ2) is 4.75. The SMILES string of the molecule is CCCC(C)(N)C(=O)NOC(C)(C)C. The van der Waals surface area contributed by atoms with Crippen LogP contribution in [0.4, 0.5) is 0 Å². The molecule has 0 saturated carbocycles. The molecule has 0 rings (SSSR count). The van der Waals surface area contributed by atoms with Gasteiger partial charge in [0.05, 0.1) is 11.1 Å². The molecule has 1 unspecified atom stereocenters. The fourth-order valence-electron chi connectivity index (χ4n) is 0.949. The van der Waals surface area contributed by atoms with Crippen LogP contribution in [0.1, 0.15) is 47.5 Å². The number of nitrogens with one attached hydrogen (secondary N) is 1. The zero-order valence-corrected chi connectivity index (χ0v) is 9.81. The molecule has 4 nitrogen and oxygen atoms in total. The highest BCUT2D eigenvalue weighted by Crippen LogP contribution is 2.10. The molecule has 0 fully saturated rings. The van der Waals surface area contributed by atoms with Gasteiger partial charge in [-0.25, -0.2) is 5.48 Å². The van der Waals surface area contributed by atoms with E-state index in [-0.39, 0.29) is 5.91 Å². The lowest BCUT2D eigenvalue weighted by Gasteiger charge is -2.26. The van der Waals surface area contributed by atoms with Crippen LogP contribution >= 0.6 is 0 Å². The summed E-state index contributed by atoms with van der Waals surface area (Å²) in [6.07, 6.45) is 1.52. The molecule has 4 heteroatoms. The van der Waals surface area contributed by atoms with E-state index in [1.807, 2.05) is 27.7 Å². The predicted octanol–water partition coefficient (Wildman–Crippen LogP) is 1.35. The fourth-order valence-corrected chi connectivity index (χ4v) is 0.949. The lowest BCUT2D eigenvalue weighted by atomic mass is 9.97. The highest BCUT2D eigenvalue weighted by molar-refractivity contribution is 5.84. The maximum absolute atomic E-state index is 11.5. The molecule has 0 spiro atoms. The van der Waals surface area contributed by atoms with Crippen molar-refractivity contribution >= 4 is 5.91 Å². The molecule has 1 atom stereocenters. The third-order valence-corrected chi connectivity index (χ3v) is 1.74. The van der Waals surface area contributed by atoms with Gasteiger partial charge in [-0.05, 0) is 34.1 Å².